The van der Waals surface area contributed by atoms with Gasteiger partial charge in [-0.2, -0.15) is 13.2 Å². The molecule has 2 fully saturated rings. The first-order valence-electron chi connectivity index (χ1n) is 12.5. The number of hydrogen-bond donors (Lipinski definition) is 2. The fourth-order valence-electron chi connectivity index (χ4n) is 5.20. The van der Waals surface area contributed by atoms with E-state index in [-0.39, 0.29) is 29.5 Å². The number of amides is 1. The molecular weight excluding hydrogens is 495 g/mol. The number of benzene rings is 1. The SMILES string of the molecule is O=C(O)C[C@@H]1CCN(Cc2c(Cl)cccc2C(F)(F)F)C1.O=CNC1CCN(CC2=CCCC2)CC1. The van der Waals surface area contributed by atoms with Gasteiger partial charge in [0.1, 0.15) is 0 Å². The maximum absolute atomic E-state index is 13.0. The van der Waals surface area contributed by atoms with Gasteiger partial charge < -0.3 is 10.4 Å². The van der Waals surface area contributed by atoms with Crippen LogP contribution in [-0.4, -0.2) is 66.1 Å². The average molecular weight is 530 g/mol. The summed E-state index contributed by atoms with van der Waals surface area (Å²) < 4.78 is 39.0. The van der Waals surface area contributed by atoms with Gasteiger partial charge in [-0.3, -0.25) is 19.4 Å². The number of nitrogens with one attached hydrogen (secondary N) is 1. The Morgan fingerprint density at radius 1 is 1.14 bits per heavy atom. The highest BCUT2D eigenvalue weighted by atomic mass is 35.5. The quantitative estimate of drug-likeness (QED) is 0.368. The Hall–Kier alpha value is -2.10. The molecule has 2 heterocycles. The zero-order valence-electron chi connectivity index (χ0n) is 20.4. The number of carbonyl (C=O) groups is 2. The van der Waals surface area contributed by atoms with Crippen LogP contribution in [0.5, 0.6) is 0 Å². The van der Waals surface area contributed by atoms with Crippen LogP contribution in [0.15, 0.2) is 29.8 Å². The Morgan fingerprint density at radius 2 is 1.86 bits per heavy atom. The summed E-state index contributed by atoms with van der Waals surface area (Å²) in [6.45, 7) is 4.57. The van der Waals surface area contributed by atoms with E-state index in [1.165, 1.54) is 31.4 Å². The molecule has 4 rings (SSSR count). The van der Waals surface area contributed by atoms with Crippen LogP contribution in [0.1, 0.15) is 56.1 Å². The molecule has 2 aliphatic heterocycles. The van der Waals surface area contributed by atoms with E-state index in [0.29, 0.717) is 25.6 Å². The molecule has 2 saturated heterocycles. The van der Waals surface area contributed by atoms with Crippen molar-refractivity contribution in [2.24, 2.45) is 5.92 Å². The number of rotatable bonds is 8. The van der Waals surface area contributed by atoms with Crippen molar-refractivity contribution >= 4 is 24.0 Å². The van der Waals surface area contributed by atoms with E-state index in [1.54, 1.807) is 5.57 Å². The Labute approximate surface area is 215 Å². The fraction of sp³-hybridized carbons (Fsp3) is 0.615. The van der Waals surface area contributed by atoms with Crippen LogP contribution in [0, 0.1) is 5.92 Å². The van der Waals surface area contributed by atoms with Crippen molar-refractivity contribution in [1.29, 1.82) is 0 Å². The summed E-state index contributed by atoms with van der Waals surface area (Å²) in [5.41, 5.74) is 0.955. The lowest BCUT2D eigenvalue weighted by atomic mass is 10.0. The maximum Gasteiger partial charge on any atom is 0.416 e. The summed E-state index contributed by atoms with van der Waals surface area (Å²) in [4.78, 5) is 25.3. The lowest BCUT2D eigenvalue weighted by Crippen LogP contribution is -2.42. The van der Waals surface area contributed by atoms with E-state index in [4.69, 9.17) is 16.7 Å². The van der Waals surface area contributed by atoms with Crippen molar-refractivity contribution in [2.75, 3.05) is 32.7 Å². The van der Waals surface area contributed by atoms with Gasteiger partial charge in [0.25, 0.3) is 0 Å². The standard InChI is InChI=1S/C14H15ClF3NO2.C12H20N2O/c15-12-3-1-2-11(14(16,17)18)10(12)8-19-5-4-9(7-19)6-13(20)21;15-10-13-12-5-7-14(8-6-12)9-11-3-1-2-4-11/h1-3,9H,4-8H2,(H,20,21);3,10,12H,1-2,4-9H2,(H,13,15)/t9-;/m0./s1. The van der Waals surface area contributed by atoms with Crippen LogP contribution in [0.25, 0.3) is 0 Å². The van der Waals surface area contributed by atoms with Crippen LogP contribution < -0.4 is 5.32 Å². The molecule has 6 nitrogen and oxygen atoms in total. The van der Waals surface area contributed by atoms with Gasteiger partial charge in [0.15, 0.2) is 0 Å². The molecule has 0 spiro atoms. The topological polar surface area (TPSA) is 72.9 Å². The maximum atomic E-state index is 13.0. The minimum Gasteiger partial charge on any atom is -0.481 e. The van der Waals surface area contributed by atoms with E-state index in [0.717, 1.165) is 45.0 Å². The van der Waals surface area contributed by atoms with E-state index >= 15 is 0 Å². The molecule has 10 heteroatoms. The number of likely N-dealkylation sites (tertiary alicyclic amines) is 2. The van der Waals surface area contributed by atoms with Crippen molar-refractivity contribution in [3.8, 4) is 0 Å². The molecule has 0 bridgehead atoms. The van der Waals surface area contributed by atoms with Crippen LogP contribution >= 0.6 is 11.6 Å². The Morgan fingerprint density at radius 3 is 2.47 bits per heavy atom. The predicted molar refractivity (Wildman–Crippen MR) is 133 cm³/mol. The van der Waals surface area contributed by atoms with Crippen molar-refractivity contribution in [3.05, 3.63) is 46.0 Å². The molecule has 1 amide bonds. The highest BCUT2D eigenvalue weighted by Gasteiger charge is 2.35. The van der Waals surface area contributed by atoms with Crippen molar-refractivity contribution in [3.63, 3.8) is 0 Å². The van der Waals surface area contributed by atoms with Crippen LogP contribution in [0.2, 0.25) is 5.02 Å². The number of carboxylic acids is 1. The molecule has 0 unspecified atom stereocenters. The Bertz CT molecular complexity index is 917. The van der Waals surface area contributed by atoms with Crippen molar-refractivity contribution < 1.29 is 27.9 Å². The number of halogens is 4. The molecule has 1 aromatic carbocycles. The highest BCUT2D eigenvalue weighted by molar-refractivity contribution is 6.31. The first kappa shape index (κ1) is 28.5. The highest BCUT2D eigenvalue weighted by Crippen LogP contribution is 2.36. The van der Waals surface area contributed by atoms with Gasteiger partial charge in [0, 0.05) is 50.2 Å². The minimum absolute atomic E-state index is 0.0145. The van der Waals surface area contributed by atoms with E-state index in [9.17, 15) is 22.8 Å². The number of carbonyl (C=O) groups excluding carboxylic acids is 1. The second kappa shape index (κ2) is 13.4. The van der Waals surface area contributed by atoms with E-state index in [2.05, 4.69) is 16.3 Å². The summed E-state index contributed by atoms with van der Waals surface area (Å²) in [5.74, 6) is -0.894. The zero-order valence-corrected chi connectivity index (χ0v) is 21.2. The van der Waals surface area contributed by atoms with Crippen LogP contribution in [0.3, 0.4) is 0 Å². The number of carboxylic acid groups (broad SMARTS) is 1. The van der Waals surface area contributed by atoms with Gasteiger partial charge in [-0.05, 0) is 68.7 Å². The molecule has 0 saturated carbocycles. The largest absolute Gasteiger partial charge is 0.481 e. The smallest absolute Gasteiger partial charge is 0.416 e. The first-order valence-corrected chi connectivity index (χ1v) is 12.9. The summed E-state index contributed by atoms with van der Waals surface area (Å²) in [6.07, 6.45) is 5.64. The predicted octanol–water partition coefficient (Wildman–Crippen LogP) is 4.96. The third kappa shape index (κ3) is 8.78. The number of piperidine rings is 1. The molecule has 3 aliphatic rings. The second-order valence-electron chi connectivity index (χ2n) is 9.84. The number of nitrogens with zero attached hydrogens (tertiary/aromatic N) is 2. The molecule has 1 aromatic rings. The van der Waals surface area contributed by atoms with Crippen molar-refractivity contribution in [1.82, 2.24) is 15.1 Å². The van der Waals surface area contributed by atoms with Gasteiger partial charge in [0.2, 0.25) is 6.41 Å². The van der Waals surface area contributed by atoms with E-state index in [1.807, 2.05) is 4.90 Å². The summed E-state index contributed by atoms with van der Waals surface area (Å²) >= 11 is 5.91. The van der Waals surface area contributed by atoms with Crippen molar-refractivity contribution in [2.45, 2.75) is 63.7 Å². The van der Waals surface area contributed by atoms with Gasteiger partial charge in [-0.25, -0.2) is 0 Å². The molecule has 1 atom stereocenters. The number of aliphatic carboxylic acids is 1. The summed E-state index contributed by atoms with van der Waals surface area (Å²) in [5, 5.41) is 11.7. The monoisotopic (exact) mass is 529 g/mol. The van der Waals surface area contributed by atoms with Gasteiger partial charge >= 0.3 is 12.1 Å². The molecular formula is C26H35ClF3N3O3. The number of hydrogen-bond acceptors (Lipinski definition) is 4. The average Bonchev–Trinajstić information content (AvgIpc) is 3.48. The molecule has 1 aliphatic carbocycles. The molecule has 36 heavy (non-hydrogen) atoms. The lowest BCUT2D eigenvalue weighted by molar-refractivity contribution is -0.139. The number of allylic oxidation sites excluding steroid dienone is 1. The van der Waals surface area contributed by atoms with Gasteiger partial charge in [-0.1, -0.05) is 29.3 Å². The van der Waals surface area contributed by atoms with E-state index < -0.39 is 17.7 Å². The van der Waals surface area contributed by atoms with Crippen LogP contribution in [0.4, 0.5) is 13.2 Å². The lowest BCUT2D eigenvalue weighted by Gasteiger charge is -2.31. The normalized spacial score (nSPS) is 21.6. The fourth-order valence-corrected chi connectivity index (χ4v) is 5.44. The molecule has 0 aromatic heterocycles. The third-order valence-corrected chi connectivity index (χ3v) is 7.45. The molecule has 200 valence electrons. The van der Waals surface area contributed by atoms with Gasteiger partial charge in [0.05, 0.1) is 5.56 Å². The van der Waals surface area contributed by atoms with Crippen LogP contribution in [-0.2, 0) is 22.3 Å². The third-order valence-electron chi connectivity index (χ3n) is 7.09. The Kier molecular flexibility index (Phi) is 10.6. The minimum atomic E-state index is -4.44. The van der Waals surface area contributed by atoms with Gasteiger partial charge in [-0.15, -0.1) is 0 Å². The Balaban J connectivity index is 0.000000212. The zero-order chi connectivity index (χ0) is 26.1. The molecule has 0 radical (unpaired) electrons. The molecule has 2 N–H and O–H groups in total. The number of alkyl halides is 3. The summed E-state index contributed by atoms with van der Waals surface area (Å²) in [7, 11) is 0. The first-order chi connectivity index (χ1) is 17.2. The summed E-state index contributed by atoms with van der Waals surface area (Å²) in [6, 6.07) is 4.16. The second-order valence-corrected chi connectivity index (χ2v) is 10.2.